The van der Waals surface area contributed by atoms with Crippen LogP contribution in [0.1, 0.15) is 19.4 Å². The van der Waals surface area contributed by atoms with E-state index in [1.54, 1.807) is 18.2 Å². The lowest BCUT2D eigenvalue weighted by atomic mass is 10.2. The zero-order chi connectivity index (χ0) is 12.2. The number of rotatable bonds is 5. The predicted molar refractivity (Wildman–Crippen MR) is 64.3 cm³/mol. The van der Waals surface area contributed by atoms with Gasteiger partial charge in [0.25, 0.3) is 0 Å². The summed E-state index contributed by atoms with van der Waals surface area (Å²) in [4.78, 5) is 0.375. The summed E-state index contributed by atoms with van der Waals surface area (Å²) in [7, 11) is -3.20. The van der Waals surface area contributed by atoms with E-state index in [9.17, 15) is 8.42 Å². The summed E-state index contributed by atoms with van der Waals surface area (Å²) in [6.45, 7) is 5.90. The molecule has 1 aromatic carbocycles. The fraction of sp³-hybridized carbons (Fsp3) is 0.500. The molecule has 0 radical (unpaired) electrons. The monoisotopic (exact) mass is 242 g/mol. The van der Waals surface area contributed by atoms with Crippen molar-refractivity contribution in [3.8, 4) is 0 Å². The minimum absolute atomic E-state index is 0.0363. The Labute approximate surface area is 97.4 Å². The largest absolute Gasteiger partial charge is 0.378 e. The molecule has 0 heterocycles. The van der Waals surface area contributed by atoms with Gasteiger partial charge in [-0.05, 0) is 38.5 Å². The Morgan fingerprint density at radius 1 is 1.31 bits per heavy atom. The van der Waals surface area contributed by atoms with Gasteiger partial charge in [0, 0.05) is 0 Å². The number of aryl methyl sites for hydroxylation is 1. The van der Waals surface area contributed by atoms with E-state index in [1.807, 2.05) is 26.8 Å². The van der Waals surface area contributed by atoms with Crippen LogP contribution in [0.15, 0.2) is 29.2 Å². The zero-order valence-electron chi connectivity index (χ0n) is 9.93. The molecule has 0 amide bonds. The van der Waals surface area contributed by atoms with Crippen LogP contribution in [0.5, 0.6) is 0 Å². The van der Waals surface area contributed by atoms with E-state index in [0.717, 1.165) is 5.56 Å². The molecular weight excluding hydrogens is 224 g/mol. The Morgan fingerprint density at radius 3 is 2.56 bits per heavy atom. The smallest absolute Gasteiger partial charge is 0.180 e. The first-order valence-corrected chi connectivity index (χ1v) is 6.98. The summed E-state index contributed by atoms with van der Waals surface area (Å²) in [6, 6.07) is 6.94. The Morgan fingerprint density at radius 2 is 2.00 bits per heavy atom. The highest BCUT2D eigenvalue weighted by Crippen LogP contribution is 2.12. The molecule has 1 aromatic rings. The SMILES string of the molecule is Cc1cccc(S(=O)(=O)CCOC(C)C)c1. The van der Waals surface area contributed by atoms with Crippen LogP contribution in [0, 0.1) is 6.92 Å². The minimum atomic E-state index is -3.20. The van der Waals surface area contributed by atoms with Crippen molar-refractivity contribution in [2.24, 2.45) is 0 Å². The van der Waals surface area contributed by atoms with Crippen molar-refractivity contribution in [1.82, 2.24) is 0 Å². The van der Waals surface area contributed by atoms with Gasteiger partial charge in [0.05, 0.1) is 23.4 Å². The van der Waals surface area contributed by atoms with Gasteiger partial charge < -0.3 is 4.74 Å². The number of hydrogen-bond acceptors (Lipinski definition) is 3. The van der Waals surface area contributed by atoms with Gasteiger partial charge >= 0.3 is 0 Å². The molecule has 0 saturated heterocycles. The van der Waals surface area contributed by atoms with Crippen LogP contribution >= 0.6 is 0 Å². The van der Waals surface area contributed by atoms with E-state index in [1.165, 1.54) is 0 Å². The third kappa shape index (κ3) is 3.94. The van der Waals surface area contributed by atoms with Gasteiger partial charge in [-0.2, -0.15) is 0 Å². The average molecular weight is 242 g/mol. The first-order chi connectivity index (χ1) is 7.42. The molecule has 3 nitrogen and oxygen atoms in total. The molecule has 0 spiro atoms. The van der Waals surface area contributed by atoms with Crippen LogP contribution in [0.25, 0.3) is 0 Å². The normalized spacial score (nSPS) is 12.0. The molecule has 0 bridgehead atoms. The van der Waals surface area contributed by atoms with Gasteiger partial charge in [0.2, 0.25) is 0 Å². The maximum absolute atomic E-state index is 11.9. The van der Waals surface area contributed by atoms with E-state index in [2.05, 4.69) is 0 Å². The van der Waals surface area contributed by atoms with Crippen LogP contribution in [-0.4, -0.2) is 26.9 Å². The standard InChI is InChI=1S/C12H18O3S/c1-10(2)15-7-8-16(13,14)12-6-4-5-11(3)9-12/h4-6,9-10H,7-8H2,1-3H3. The molecule has 0 atom stereocenters. The molecule has 1 rings (SSSR count). The fourth-order valence-electron chi connectivity index (χ4n) is 1.32. The van der Waals surface area contributed by atoms with E-state index < -0.39 is 9.84 Å². The van der Waals surface area contributed by atoms with Crippen LogP contribution in [0.2, 0.25) is 0 Å². The minimum Gasteiger partial charge on any atom is -0.378 e. The molecule has 0 saturated carbocycles. The van der Waals surface area contributed by atoms with Gasteiger partial charge in [0.15, 0.2) is 9.84 Å². The number of sulfone groups is 1. The highest BCUT2D eigenvalue weighted by molar-refractivity contribution is 7.91. The summed E-state index contributed by atoms with van der Waals surface area (Å²) in [5.41, 5.74) is 0.950. The van der Waals surface area contributed by atoms with Crippen molar-refractivity contribution >= 4 is 9.84 Å². The van der Waals surface area contributed by atoms with E-state index in [-0.39, 0.29) is 18.5 Å². The molecule has 0 aliphatic heterocycles. The third-order valence-electron chi connectivity index (χ3n) is 2.15. The molecular formula is C12H18O3S. The summed E-state index contributed by atoms with van der Waals surface area (Å²) < 4.78 is 29.0. The summed E-state index contributed by atoms with van der Waals surface area (Å²) in [5, 5.41) is 0. The molecule has 0 fully saturated rings. The summed E-state index contributed by atoms with van der Waals surface area (Å²) >= 11 is 0. The van der Waals surface area contributed by atoms with Crippen LogP contribution < -0.4 is 0 Å². The number of ether oxygens (including phenoxy) is 1. The average Bonchev–Trinajstić information content (AvgIpc) is 2.16. The molecule has 0 N–H and O–H groups in total. The van der Waals surface area contributed by atoms with E-state index in [0.29, 0.717) is 4.90 Å². The van der Waals surface area contributed by atoms with Crippen LogP contribution in [0.4, 0.5) is 0 Å². The lowest BCUT2D eigenvalue weighted by Crippen LogP contribution is -2.15. The summed E-state index contributed by atoms with van der Waals surface area (Å²) in [6.07, 6.45) is 0.0627. The zero-order valence-corrected chi connectivity index (χ0v) is 10.8. The van der Waals surface area contributed by atoms with Crippen molar-refractivity contribution in [1.29, 1.82) is 0 Å². The highest BCUT2D eigenvalue weighted by atomic mass is 32.2. The second kappa shape index (κ2) is 5.46. The second-order valence-corrected chi connectivity index (χ2v) is 6.16. The first kappa shape index (κ1) is 13.2. The second-order valence-electron chi connectivity index (χ2n) is 4.05. The predicted octanol–water partition coefficient (Wildman–Crippen LogP) is 2.19. The maximum atomic E-state index is 11.9. The quantitative estimate of drug-likeness (QED) is 0.795. The van der Waals surface area contributed by atoms with E-state index in [4.69, 9.17) is 4.74 Å². The molecule has 90 valence electrons. The fourth-order valence-corrected chi connectivity index (χ4v) is 2.52. The van der Waals surface area contributed by atoms with Crippen molar-refractivity contribution in [2.75, 3.05) is 12.4 Å². The number of hydrogen-bond donors (Lipinski definition) is 0. The maximum Gasteiger partial charge on any atom is 0.180 e. The van der Waals surface area contributed by atoms with Crippen molar-refractivity contribution in [3.05, 3.63) is 29.8 Å². The molecule has 4 heteroatoms. The van der Waals surface area contributed by atoms with Crippen molar-refractivity contribution in [2.45, 2.75) is 31.8 Å². The molecule has 0 aliphatic carbocycles. The van der Waals surface area contributed by atoms with Gasteiger partial charge in [-0.15, -0.1) is 0 Å². The highest BCUT2D eigenvalue weighted by Gasteiger charge is 2.14. The van der Waals surface area contributed by atoms with Crippen molar-refractivity contribution < 1.29 is 13.2 Å². The third-order valence-corrected chi connectivity index (χ3v) is 3.83. The van der Waals surface area contributed by atoms with E-state index >= 15 is 0 Å². The molecule has 0 unspecified atom stereocenters. The molecule has 0 aliphatic rings. The summed E-state index contributed by atoms with van der Waals surface area (Å²) in [5.74, 6) is 0.0363. The van der Waals surface area contributed by atoms with Crippen LogP contribution in [-0.2, 0) is 14.6 Å². The molecule has 16 heavy (non-hydrogen) atoms. The Kier molecular flexibility index (Phi) is 4.50. The topological polar surface area (TPSA) is 43.4 Å². The lowest BCUT2D eigenvalue weighted by molar-refractivity contribution is 0.0912. The van der Waals surface area contributed by atoms with Gasteiger partial charge in [0.1, 0.15) is 0 Å². The van der Waals surface area contributed by atoms with Gasteiger partial charge in [-0.1, -0.05) is 12.1 Å². The van der Waals surface area contributed by atoms with Crippen LogP contribution in [0.3, 0.4) is 0 Å². The van der Waals surface area contributed by atoms with Gasteiger partial charge in [-0.3, -0.25) is 0 Å². The first-order valence-electron chi connectivity index (χ1n) is 5.33. The Balaban J connectivity index is 2.71. The Hall–Kier alpha value is -0.870. The van der Waals surface area contributed by atoms with Crippen molar-refractivity contribution in [3.63, 3.8) is 0 Å². The van der Waals surface area contributed by atoms with Gasteiger partial charge in [-0.25, -0.2) is 8.42 Å². The Bertz CT molecular complexity index is 435. The molecule has 0 aromatic heterocycles. The number of benzene rings is 1. The lowest BCUT2D eigenvalue weighted by Gasteiger charge is -2.08.